The zero-order chi connectivity index (χ0) is 14.8. The molecule has 6 nitrogen and oxygen atoms in total. The van der Waals surface area contributed by atoms with E-state index in [4.69, 9.17) is 0 Å². The van der Waals surface area contributed by atoms with E-state index in [1.165, 1.54) is 6.42 Å². The van der Waals surface area contributed by atoms with Crippen molar-refractivity contribution < 1.29 is 0 Å². The third-order valence-corrected chi connectivity index (χ3v) is 3.97. The second-order valence-electron chi connectivity index (χ2n) is 5.55. The van der Waals surface area contributed by atoms with Crippen molar-refractivity contribution >= 4 is 16.9 Å². The number of imidazole rings is 1. The lowest BCUT2D eigenvalue weighted by molar-refractivity contribution is 0.479. The second kappa shape index (κ2) is 5.73. The molecular weight excluding hydrogens is 276 g/mol. The number of nitrogens with zero attached hydrogens (tertiary/aromatic N) is 4. The molecule has 1 aliphatic rings. The van der Waals surface area contributed by atoms with E-state index in [2.05, 4.69) is 25.6 Å². The minimum Gasteiger partial charge on any atom is -0.365 e. The van der Waals surface area contributed by atoms with Gasteiger partial charge in [0.2, 0.25) is 0 Å². The fourth-order valence-electron chi connectivity index (χ4n) is 2.87. The van der Waals surface area contributed by atoms with Crippen molar-refractivity contribution in [3.05, 3.63) is 43.0 Å². The summed E-state index contributed by atoms with van der Waals surface area (Å²) >= 11 is 0. The van der Waals surface area contributed by atoms with E-state index < -0.39 is 0 Å². The fraction of sp³-hybridized carbons (Fsp3) is 0.312. The molecule has 22 heavy (non-hydrogen) atoms. The molecule has 0 bridgehead atoms. The van der Waals surface area contributed by atoms with Crippen molar-refractivity contribution in [2.24, 2.45) is 0 Å². The summed E-state index contributed by atoms with van der Waals surface area (Å²) in [4.78, 5) is 13.4. The number of piperidine rings is 1. The van der Waals surface area contributed by atoms with Crippen LogP contribution in [-0.4, -0.2) is 38.7 Å². The molecule has 0 amide bonds. The third-order valence-electron chi connectivity index (χ3n) is 3.97. The second-order valence-corrected chi connectivity index (χ2v) is 5.55. The molecule has 0 saturated carbocycles. The van der Waals surface area contributed by atoms with Crippen molar-refractivity contribution in [3.63, 3.8) is 0 Å². The van der Waals surface area contributed by atoms with E-state index >= 15 is 0 Å². The number of fused-ring (bicyclic) bond motifs is 1. The largest absolute Gasteiger partial charge is 0.365 e. The maximum Gasteiger partial charge on any atom is 0.159 e. The van der Waals surface area contributed by atoms with Gasteiger partial charge >= 0.3 is 0 Å². The van der Waals surface area contributed by atoms with E-state index in [0.717, 1.165) is 42.2 Å². The molecule has 0 radical (unpaired) electrons. The number of para-hydroxylation sites is 2. The van der Waals surface area contributed by atoms with E-state index in [9.17, 15) is 0 Å². The molecule has 1 aliphatic heterocycles. The van der Waals surface area contributed by atoms with Crippen LogP contribution in [0, 0.1) is 0 Å². The Morgan fingerprint density at radius 1 is 1.23 bits per heavy atom. The highest BCUT2D eigenvalue weighted by Gasteiger charge is 2.13. The lowest BCUT2D eigenvalue weighted by atomic mass is 10.1. The highest BCUT2D eigenvalue weighted by molar-refractivity contribution is 5.76. The molecule has 1 aromatic carbocycles. The first-order chi connectivity index (χ1) is 10.9. The van der Waals surface area contributed by atoms with Gasteiger partial charge in [-0.25, -0.2) is 9.97 Å². The first-order valence-electron chi connectivity index (χ1n) is 7.62. The summed E-state index contributed by atoms with van der Waals surface area (Å²) in [5.74, 6) is 1.59. The van der Waals surface area contributed by atoms with Crippen LogP contribution in [0.25, 0.3) is 16.9 Å². The summed E-state index contributed by atoms with van der Waals surface area (Å²) in [6.07, 6.45) is 7.68. The normalized spacial score (nSPS) is 18.5. The quantitative estimate of drug-likeness (QED) is 0.773. The molecule has 0 unspecified atom stereocenters. The predicted molar refractivity (Wildman–Crippen MR) is 86.2 cm³/mol. The summed E-state index contributed by atoms with van der Waals surface area (Å²) in [5.41, 5.74) is 1.99. The van der Waals surface area contributed by atoms with Gasteiger partial charge in [-0.3, -0.25) is 9.55 Å². The average Bonchev–Trinajstić information content (AvgIpc) is 3.00. The molecule has 0 spiro atoms. The Morgan fingerprint density at radius 2 is 2.18 bits per heavy atom. The van der Waals surface area contributed by atoms with E-state index in [1.807, 2.05) is 28.8 Å². The molecule has 1 atom stereocenters. The number of benzene rings is 1. The summed E-state index contributed by atoms with van der Waals surface area (Å²) in [6.45, 7) is 2.07. The van der Waals surface area contributed by atoms with Crippen LogP contribution in [0.1, 0.15) is 12.8 Å². The fourth-order valence-corrected chi connectivity index (χ4v) is 2.87. The summed E-state index contributed by atoms with van der Waals surface area (Å²) < 4.78 is 1.96. The van der Waals surface area contributed by atoms with Crippen molar-refractivity contribution in [1.29, 1.82) is 0 Å². The average molecular weight is 294 g/mol. The van der Waals surface area contributed by atoms with Crippen LogP contribution in [0.5, 0.6) is 0 Å². The first-order valence-corrected chi connectivity index (χ1v) is 7.62. The van der Waals surface area contributed by atoms with Crippen LogP contribution in [-0.2, 0) is 0 Å². The minimum absolute atomic E-state index is 0.415. The van der Waals surface area contributed by atoms with Crippen LogP contribution < -0.4 is 10.6 Å². The molecule has 1 saturated heterocycles. The van der Waals surface area contributed by atoms with Gasteiger partial charge in [0.25, 0.3) is 0 Å². The summed E-state index contributed by atoms with van der Waals surface area (Å²) in [6, 6.07) is 8.44. The van der Waals surface area contributed by atoms with Crippen LogP contribution in [0.4, 0.5) is 5.82 Å². The number of hydrogen-bond donors (Lipinski definition) is 2. The van der Waals surface area contributed by atoms with E-state index in [0.29, 0.717) is 6.04 Å². The molecule has 0 aliphatic carbocycles. The smallest absolute Gasteiger partial charge is 0.159 e. The Labute approximate surface area is 128 Å². The van der Waals surface area contributed by atoms with Crippen LogP contribution in [0.2, 0.25) is 0 Å². The Morgan fingerprint density at radius 3 is 3.09 bits per heavy atom. The van der Waals surface area contributed by atoms with Crippen molar-refractivity contribution in [2.45, 2.75) is 18.9 Å². The van der Waals surface area contributed by atoms with Crippen LogP contribution in [0.15, 0.2) is 43.0 Å². The van der Waals surface area contributed by atoms with Crippen molar-refractivity contribution in [2.75, 3.05) is 18.4 Å². The van der Waals surface area contributed by atoms with Crippen molar-refractivity contribution in [1.82, 2.24) is 24.8 Å². The number of rotatable bonds is 3. The predicted octanol–water partition coefficient (Wildman–Crippen LogP) is 1.98. The Balaban J connectivity index is 1.63. The molecule has 1 fully saturated rings. The SMILES string of the molecule is c1ccc2c(c1)ncn2-c1cncc(N[C@H]2CCCNC2)n1. The molecule has 3 aromatic rings. The van der Waals surface area contributed by atoms with Gasteiger partial charge in [-0.05, 0) is 31.5 Å². The number of nitrogens with one attached hydrogen (secondary N) is 2. The van der Waals surface area contributed by atoms with Gasteiger partial charge in [0, 0.05) is 12.6 Å². The highest BCUT2D eigenvalue weighted by atomic mass is 15.2. The minimum atomic E-state index is 0.415. The zero-order valence-electron chi connectivity index (χ0n) is 12.2. The maximum atomic E-state index is 4.68. The maximum absolute atomic E-state index is 4.68. The van der Waals surface area contributed by atoms with Gasteiger partial charge in [-0.15, -0.1) is 0 Å². The summed E-state index contributed by atoms with van der Waals surface area (Å²) in [5, 5.41) is 6.86. The van der Waals surface area contributed by atoms with E-state index in [1.54, 1.807) is 18.7 Å². The van der Waals surface area contributed by atoms with Gasteiger partial charge in [0.15, 0.2) is 5.82 Å². The highest BCUT2D eigenvalue weighted by Crippen LogP contribution is 2.17. The molecule has 2 aromatic heterocycles. The Bertz CT molecular complexity index is 775. The third kappa shape index (κ3) is 2.53. The zero-order valence-corrected chi connectivity index (χ0v) is 12.2. The van der Waals surface area contributed by atoms with Gasteiger partial charge < -0.3 is 10.6 Å². The molecular formula is C16H18N6. The monoisotopic (exact) mass is 294 g/mol. The number of anilines is 1. The van der Waals surface area contributed by atoms with Crippen LogP contribution in [0.3, 0.4) is 0 Å². The topological polar surface area (TPSA) is 67.7 Å². The number of aromatic nitrogens is 4. The lowest BCUT2D eigenvalue weighted by Gasteiger charge is -2.24. The van der Waals surface area contributed by atoms with Crippen LogP contribution >= 0.6 is 0 Å². The van der Waals surface area contributed by atoms with Gasteiger partial charge in [-0.2, -0.15) is 0 Å². The Kier molecular flexibility index (Phi) is 3.44. The Hall–Kier alpha value is -2.47. The molecule has 112 valence electrons. The summed E-state index contributed by atoms with van der Waals surface area (Å²) in [7, 11) is 0. The number of hydrogen-bond acceptors (Lipinski definition) is 5. The molecule has 2 N–H and O–H groups in total. The lowest BCUT2D eigenvalue weighted by Crippen LogP contribution is -2.38. The van der Waals surface area contributed by atoms with Crippen molar-refractivity contribution in [3.8, 4) is 5.82 Å². The molecule has 4 rings (SSSR count). The van der Waals surface area contributed by atoms with Gasteiger partial charge in [0.05, 0.1) is 23.4 Å². The van der Waals surface area contributed by atoms with E-state index in [-0.39, 0.29) is 0 Å². The van der Waals surface area contributed by atoms with Gasteiger partial charge in [0.1, 0.15) is 12.1 Å². The standard InChI is InChI=1S/C16H18N6/c1-2-6-14-13(5-1)19-11-22(14)16-10-18-9-15(21-16)20-12-4-3-7-17-8-12/h1-2,5-6,9-12,17H,3-4,7-8H2,(H,20,21)/t12-/m0/s1. The van der Waals surface area contributed by atoms with Gasteiger partial charge in [-0.1, -0.05) is 12.1 Å². The molecule has 6 heteroatoms. The first kappa shape index (κ1) is 13.2. The molecule has 3 heterocycles.